The number of hydrogen-bond donors (Lipinski definition) is 3. The minimum Gasteiger partial charge on any atom is -0.481 e. The quantitative estimate of drug-likeness (QED) is 0.619. The van der Waals surface area contributed by atoms with Gasteiger partial charge in [0.2, 0.25) is 5.91 Å². The zero-order valence-electron chi connectivity index (χ0n) is 11.6. The Morgan fingerprint density at radius 2 is 1.81 bits per heavy atom. The Labute approximate surface area is 122 Å². The molecule has 1 aromatic carbocycles. The molecule has 3 amide bonds. The van der Waals surface area contributed by atoms with Crippen molar-refractivity contribution in [3.8, 4) is 0 Å². The lowest BCUT2D eigenvalue weighted by molar-refractivity contribution is -0.136. The van der Waals surface area contributed by atoms with E-state index in [9.17, 15) is 14.4 Å². The number of carbonyl (C=O) groups is 3. The Hall–Kier alpha value is -2.57. The van der Waals surface area contributed by atoms with E-state index in [-0.39, 0.29) is 19.4 Å². The number of anilines is 1. The van der Waals surface area contributed by atoms with Crippen molar-refractivity contribution in [3.63, 3.8) is 0 Å². The number of nitrogens with one attached hydrogen (secondary N) is 1. The molecule has 0 aliphatic carbocycles. The predicted molar refractivity (Wildman–Crippen MR) is 77.9 cm³/mol. The van der Waals surface area contributed by atoms with Crippen molar-refractivity contribution < 1.29 is 19.5 Å². The van der Waals surface area contributed by atoms with Gasteiger partial charge in [0.05, 0.1) is 6.42 Å². The second-order valence-corrected chi connectivity index (χ2v) is 4.43. The second kappa shape index (κ2) is 8.57. The number of rotatable bonds is 8. The second-order valence-electron chi connectivity index (χ2n) is 4.43. The van der Waals surface area contributed by atoms with Gasteiger partial charge in [-0.25, -0.2) is 4.79 Å². The van der Waals surface area contributed by atoms with Crippen molar-refractivity contribution in [2.75, 3.05) is 18.0 Å². The monoisotopic (exact) mass is 293 g/mol. The molecule has 1 aromatic rings. The van der Waals surface area contributed by atoms with Crippen LogP contribution in [0.2, 0.25) is 0 Å². The molecule has 1 rings (SSSR count). The summed E-state index contributed by atoms with van der Waals surface area (Å²) >= 11 is 0. The smallest absolute Gasteiger partial charge is 0.321 e. The number of nitrogens with two attached hydrogens (primary N) is 1. The highest BCUT2D eigenvalue weighted by atomic mass is 16.4. The van der Waals surface area contributed by atoms with E-state index < -0.39 is 17.9 Å². The Balaban J connectivity index is 2.61. The fourth-order valence-electron chi connectivity index (χ4n) is 1.72. The number of carbonyl (C=O) groups excluding carboxylic acids is 2. The molecule has 0 bridgehead atoms. The highest BCUT2D eigenvalue weighted by molar-refractivity contribution is 5.92. The van der Waals surface area contributed by atoms with E-state index in [0.717, 1.165) is 0 Å². The third kappa shape index (κ3) is 6.42. The molecule has 0 unspecified atom stereocenters. The summed E-state index contributed by atoms with van der Waals surface area (Å²) in [6.45, 7) is 0.374. The Bertz CT molecular complexity index is 490. The molecular formula is C14H19N3O4. The van der Waals surface area contributed by atoms with E-state index in [1.807, 2.05) is 6.07 Å². The lowest BCUT2D eigenvalue weighted by Gasteiger charge is -2.22. The summed E-state index contributed by atoms with van der Waals surface area (Å²) in [6.07, 6.45) is 0.493. The molecule has 0 aliphatic rings. The summed E-state index contributed by atoms with van der Waals surface area (Å²) in [7, 11) is 0. The lowest BCUT2D eigenvalue weighted by atomic mass is 10.2. The van der Waals surface area contributed by atoms with Gasteiger partial charge >= 0.3 is 12.0 Å². The average Bonchev–Trinajstić information content (AvgIpc) is 2.44. The molecule has 0 atom stereocenters. The van der Waals surface area contributed by atoms with Gasteiger partial charge in [0.15, 0.2) is 0 Å². The summed E-state index contributed by atoms with van der Waals surface area (Å²) in [5, 5.41) is 11.4. The van der Waals surface area contributed by atoms with E-state index in [1.54, 1.807) is 24.3 Å². The molecule has 114 valence electrons. The molecule has 0 heterocycles. The van der Waals surface area contributed by atoms with Gasteiger partial charge < -0.3 is 16.2 Å². The number of urea groups is 1. The van der Waals surface area contributed by atoms with E-state index >= 15 is 0 Å². The number of carboxylic acid groups (broad SMARTS) is 1. The zero-order valence-corrected chi connectivity index (χ0v) is 11.6. The number of benzene rings is 1. The predicted octanol–water partition coefficient (Wildman–Crippen LogP) is 0.943. The van der Waals surface area contributed by atoms with Gasteiger partial charge in [-0.3, -0.25) is 14.5 Å². The van der Waals surface area contributed by atoms with E-state index in [0.29, 0.717) is 18.7 Å². The van der Waals surface area contributed by atoms with Crippen LogP contribution in [0.3, 0.4) is 0 Å². The van der Waals surface area contributed by atoms with Crippen molar-refractivity contribution in [1.82, 2.24) is 5.32 Å². The van der Waals surface area contributed by atoms with Crippen molar-refractivity contribution in [1.29, 1.82) is 0 Å². The molecule has 0 aromatic heterocycles. The maximum atomic E-state index is 12.1. The highest BCUT2D eigenvalue weighted by Crippen LogP contribution is 2.13. The van der Waals surface area contributed by atoms with Crippen LogP contribution in [-0.2, 0) is 9.59 Å². The minimum atomic E-state index is -0.975. The third-order valence-electron chi connectivity index (χ3n) is 2.74. The fraction of sp³-hybridized carbons (Fsp3) is 0.357. The number of hydrogen-bond acceptors (Lipinski definition) is 3. The Morgan fingerprint density at radius 3 is 2.38 bits per heavy atom. The largest absolute Gasteiger partial charge is 0.481 e. The van der Waals surface area contributed by atoms with E-state index in [2.05, 4.69) is 5.32 Å². The summed E-state index contributed by atoms with van der Waals surface area (Å²) in [4.78, 5) is 34.8. The summed E-state index contributed by atoms with van der Waals surface area (Å²) in [5.41, 5.74) is 5.63. The van der Waals surface area contributed by atoms with Crippen LogP contribution in [0.1, 0.15) is 19.3 Å². The molecule has 7 nitrogen and oxygen atoms in total. The summed E-state index contributed by atoms with van der Waals surface area (Å²) in [6, 6.07) is 8.40. The maximum Gasteiger partial charge on any atom is 0.321 e. The highest BCUT2D eigenvalue weighted by Gasteiger charge is 2.16. The first-order valence-electron chi connectivity index (χ1n) is 6.61. The molecule has 4 N–H and O–H groups in total. The number of carboxylic acids is 1. The molecule has 0 aliphatic heterocycles. The van der Waals surface area contributed by atoms with Gasteiger partial charge in [0.1, 0.15) is 0 Å². The molecule has 0 spiro atoms. The van der Waals surface area contributed by atoms with Gasteiger partial charge in [0.25, 0.3) is 0 Å². The average molecular weight is 293 g/mol. The topological polar surface area (TPSA) is 113 Å². The van der Waals surface area contributed by atoms with E-state index in [1.165, 1.54) is 4.90 Å². The summed E-state index contributed by atoms with van der Waals surface area (Å²) in [5.74, 6) is -1.40. The molecule has 0 saturated heterocycles. The Kier molecular flexibility index (Phi) is 6.73. The Morgan fingerprint density at radius 1 is 1.14 bits per heavy atom. The third-order valence-corrected chi connectivity index (χ3v) is 2.74. The molecule has 0 fully saturated rings. The number of aliphatic carboxylic acids is 1. The van der Waals surface area contributed by atoms with Gasteiger partial charge in [-0.05, 0) is 18.6 Å². The van der Waals surface area contributed by atoms with Crippen LogP contribution in [0.5, 0.6) is 0 Å². The van der Waals surface area contributed by atoms with Crippen LogP contribution < -0.4 is 16.0 Å². The van der Waals surface area contributed by atoms with Crippen LogP contribution in [0.4, 0.5) is 10.5 Å². The van der Waals surface area contributed by atoms with Crippen molar-refractivity contribution in [2.24, 2.45) is 5.73 Å². The molecular weight excluding hydrogens is 274 g/mol. The first-order valence-corrected chi connectivity index (χ1v) is 6.61. The first-order chi connectivity index (χ1) is 10.0. The summed E-state index contributed by atoms with van der Waals surface area (Å²) < 4.78 is 0. The molecule has 0 radical (unpaired) electrons. The molecule has 0 saturated carbocycles. The fourth-order valence-corrected chi connectivity index (χ4v) is 1.72. The minimum absolute atomic E-state index is 0.0704. The molecule has 21 heavy (non-hydrogen) atoms. The van der Waals surface area contributed by atoms with Crippen LogP contribution >= 0.6 is 0 Å². The van der Waals surface area contributed by atoms with Crippen molar-refractivity contribution >= 4 is 23.6 Å². The van der Waals surface area contributed by atoms with Crippen LogP contribution in [-0.4, -0.2) is 36.1 Å². The lowest BCUT2D eigenvalue weighted by Crippen LogP contribution is -2.41. The van der Waals surface area contributed by atoms with E-state index in [4.69, 9.17) is 10.8 Å². The first kappa shape index (κ1) is 16.5. The van der Waals surface area contributed by atoms with Gasteiger partial charge in [-0.2, -0.15) is 0 Å². The number of nitrogens with zero attached hydrogens (tertiary/aromatic N) is 1. The van der Waals surface area contributed by atoms with Crippen molar-refractivity contribution in [3.05, 3.63) is 30.3 Å². The van der Waals surface area contributed by atoms with Gasteiger partial charge in [-0.1, -0.05) is 18.2 Å². The van der Waals surface area contributed by atoms with Crippen LogP contribution in [0.25, 0.3) is 0 Å². The normalized spacial score (nSPS) is 9.90. The number of amides is 3. The van der Waals surface area contributed by atoms with Crippen LogP contribution in [0, 0.1) is 0 Å². The maximum absolute atomic E-state index is 12.1. The number of primary amides is 1. The molecule has 7 heteroatoms. The standard InChI is InChI=1S/C14H19N3O4/c15-12(18)7-4-9-16-14(21)17(10-8-13(19)20)11-5-2-1-3-6-11/h1-3,5-6H,4,7-10H2,(H2,15,18)(H,16,21)(H,19,20). The van der Waals surface area contributed by atoms with Crippen molar-refractivity contribution in [2.45, 2.75) is 19.3 Å². The zero-order chi connectivity index (χ0) is 15.7. The SMILES string of the molecule is NC(=O)CCCNC(=O)N(CCC(=O)O)c1ccccc1. The van der Waals surface area contributed by atoms with Crippen LogP contribution in [0.15, 0.2) is 30.3 Å². The van der Waals surface area contributed by atoms with Gasteiger partial charge in [0, 0.05) is 25.2 Å². The van der Waals surface area contributed by atoms with Gasteiger partial charge in [-0.15, -0.1) is 0 Å². The number of para-hydroxylation sites is 1.